The molecule has 0 heterocycles. The van der Waals surface area contributed by atoms with Crippen LogP contribution in [-0.4, -0.2) is 11.1 Å². The number of rotatable bonds is 4. The highest BCUT2D eigenvalue weighted by molar-refractivity contribution is 6.37. The van der Waals surface area contributed by atoms with Crippen molar-refractivity contribution in [1.29, 1.82) is 0 Å². The maximum absolute atomic E-state index is 13.6. The number of halogens is 3. The molecule has 2 rings (SSSR count). The smallest absolute Gasteiger partial charge is 0.152 e. The monoisotopic (exact) mass is 313 g/mol. The van der Waals surface area contributed by atoms with Crippen LogP contribution in [0.3, 0.4) is 0 Å². The third kappa shape index (κ3) is 3.56. The predicted molar refractivity (Wildman–Crippen MR) is 81.3 cm³/mol. The van der Waals surface area contributed by atoms with Gasteiger partial charge in [0.15, 0.2) is 5.75 Å². The number of anilines is 1. The van der Waals surface area contributed by atoms with Crippen molar-refractivity contribution in [2.24, 2.45) is 0 Å². The summed E-state index contributed by atoms with van der Waals surface area (Å²) in [6.07, 6.45) is 0.531. The third-order valence-electron chi connectivity index (χ3n) is 2.91. The van der Waals surface area contributed by atoms with Gasteiger partial charge in [0.1, 0.15) is 5.82 Å². The van der Waals surface area contributed by atoms with Crippen molar-refractivity contribution in [3.63, 3.8) is 0 Å². The van der Waals surface area contributed by atoms with Crippen LogP contribution in [0.5, 0.6) is 5.75 Å². The quantitative estimate of drug-likeness (QED) is 0.788. The Hall–Kier alpha value is -1.45. The second-order valence-electron chi connectivity index (χ2n) is 4.63. The van der Waals surface area contributed by atoms with Crippen molar-refractivity contribution in [3.8, 4) is 5.75 Å². The first-order chi connectivity index (χ1) is 9.47. The Balaban J connectivity index is 2.09. The molecule has 2 nitrogen and oxygen atoms in total. The topological polar surface area (TPSA) is 32.3 Å². The van der Waals surface area contributed by atoms with Crippen molar-refractivity contribution in [3.05, 3.63) is 57.8 Å². The first-order valence-electron chi connectivity index (χ1n) is 6.15. The maximum atomic E-state index is 13.6. The van der Waals surface area contributed by atoms with Crippen molar-refractivity contribution in [2.75, 3.05) is 5.32 Å². The maximum Gasteiger partial charge on any atom is 0.152 e. The lowest BCUT2D eigenvalue weighted by atomic mass is 10.1. The summed E-state index contributed by atoms with van der Waals surface area (Å²) in [7, 11) is 0. The number of benzene rings is 2. The molecule has 106 valence electrons. The SMILES string of the molecule is CC(Cc1ccccc1F)Nc1cc(Cl)c(O)c(Cl)c1. The van der Waals surface area contributed by atoms with Crippen LogP contribution in [0.1, 0.15) is 12.5 Å². The lowest BCUT2D eigenvalue weighted by molar-refractivity contribution is 0.476. The van der Waals surface area contributed by atoms with Crippen LogP contribution >= 0.6 is 23.2 Å². The number of aromatic hydroxyl groups is 1. The molecule has 0 bridgehead atoms. The minimum Gasteiger partial charge on any atom is -0.505 e. The molecule has 1 atom stereocenters. The van der Waals surface area contributed by atoms with Gasteiger partial charge in [-0.3, -0.25) is 0 Å². The minimum atomic E-state index is -0.220. The molecule has 0 aliphatic heterocycles. The van der Waals surface area contributed by atoms with Crippen LogP contribution in [0.2, 0.25) is 10.0 Å². The van der Waals surface area contributed by atoms with Crippen molar-refractivity contribution < 1.29 is 9.50 Å². The lowest BCUT2D eigenvalue weighted by Crippen LogP contribution is -2.18. The first kappa shape index (κ1) is 14.9. The van der Waals surface area contributed by atoms with E-state index in [2.05, 4.69) is 5.32 Å². The van der Waals surface area contributed by atoms with Crippen LogP contribution in [0.4, 0.5) is 10.1 Å². The molecule has 0 saturated carbocycles. The second-order valence-corrected chi connectivity index (χ2v) is 5.44. The summed E-state index contributed by atoms with van der Waals surface area (Å²) in [6, 6.07) is 9.82. The molecule has 0 aliphatic rings. The lowest BCUT2D eigenvalue weighted by Gasteiger charge is -2.16. The van der Waals surface area contributed by atoms with E-state index in [9.17, 15) is 9.50 Å². The van der Waals surface area contributed by atoms with Gasteiger partial charge in [0.2, 0.25) is 0 Å². The number of hydrogen-bond donors (Lipinski definition) is 2. The normalized spacial score (nSPS) is 12.2. The summed E-state index contributed by atoms with van der Waals surface area (Å²) >= 11 is 11.7. The number of hydrogen-bond acceptors (Lipinski definition) is 2. The van der Waals surface area contributed by atoms with Crippen LogP contribution in [0.25, 0.3) is 0 Å². The van der Waals surface area contributed by atoms with E-state index in [1.54, 1.807) is 30.3 Å². The second kappa shape index (κ2) is 6.33. The summed E-state index contributed by atoms with van der Waals surface area (Å²) in [4.78, 5) is 0. The van der Waals surface area contributed by atoms with Gasteiger partial charge in [0, 0.05) is 11.7 Å². The Labute approximate surface area is 127 Å². The first-order valence-corrected chi connectivity index (χ1v) is 6.91. The molecule has 0 amide bonds. The molecule has 0 spiro atoms. The Morgan fingerprint density at radius 2 is 1.80 bits per heavy atom. The zero-order chi connectivity index (χ0) is 14.7. The zero-order valence-corrected chi connectivity index (χ0v) is 12.3. The highest BCUT2D eigenvalue weighted by atomic mass is 35.5. The van der Waals surface area contributed by atoms with Crippen LogP contribution in [0.15, 0.2) is 36.4 Å². The zero-order valence-electron chi connectivity index (χ0n) is 10.8. The summed E-state index contributed by atoms with van der Waals surface area (Å²) in [5, 5.41) is 13.0. The highest BCUT2D eigenvalue weighted by Crippen LogP contribution is 2.34. The standard InChI is InChI=1S/C15H14Cl2FNO/c1-9(6-10-4-2-3-5-14(10)18)19-11-7-12(16)15(20)13(17)8-11/h2-5,7-9,19-20H,6H2,1H3. The van der Waals surface area contributed by atoms with E-state index in [0.29, 0.717) is 17.7 Å². The van der Waals surface area contributed by atoms with Gasteiger partial charge < -0.3 is 10.4 Å². The fourth-order valence-electron chi connectivity index (χ4n) is 1.98. The van der Waals surface area contributed by atoms with Gasteiger partial charge in [-0.15, -0.1) is 0 Å². The summed E-state index contributed by atoms with van der Waals surface area (Å²) < 4.78 is 13.6. The van der Waals surface area contributed by atoms with Gasteiger partial charge in [-0.1, -0.05) is 41.4 Å². The number of phenols is 1. The summed E-state index contributed by atoms with van der Waals surface area (Å²) in [5.74, 6) is -0.358. The molecule has 0 aliphatic carbocycles. The van der Waals surface area contributed by atoms with E-state index in [1.807, 2.05) is 6.92 Å². The van der Waals surface area contributed by atoms with Crippen LogP contribution < -0.4 is 5.32 Å². The van der Waals surface area contributed by atoms with E-state index in [1.165, 1.54) is 6.07 Å². The van der Waals surface area contributed by atoms with E-state index >= 15 is 0 Å². The molecule has 0 fully saturated rings. The van der Waals surface area contributed by atoms with Gasteiger partial charge in [0.05, 0.1) is 10.0 Å². The van der Waals surface area contributed by atoms with Gasteiger partial charge in [-0.05, 0) is 37.1 Å². The average Bonchev–Trinajstić information content (AvgIpc) is 2.38. The molecule has 20 heavy (non-hydrogen) atoms. The molecule has 0 radical (unpaired) electrons. The fourth-order valence-corrected chi connectivity index (χ4v) is 2.47. The Bertz CT molecular complexity index is 596. The third-order valence-corrected chi connectivity index (χ3v) is 3.49. The Kier molecular flexibility index (Phi) is 4.73. The largest absolute Gasteiger partial charge is 0.505 e. The van der Waals surface area contributed by atoms with E-state index in [-0.39, 0.29) is 27.7 Å². The molecule has 2 aromatic rings. The molecule has 0 aromatic heterocycles. The highest BCUT2D eigenvalue weighted by Gasteiger charge is 2.10. The molecule has 1 unspecified atom stereocenters. The van der Waals surface area contributed by atoms with Crippen molar-refractivity contribution in [2.45, 2.75) is 19.4 Å². The predicted octanol–water partition coefficient (Wildman–Crippen LogP) is 4.88. The van der Waals surface area contributed by atoms with Crippen molar-refractivity contribution in [1.82, 2.24) is 0 Å². The molecular formula is C15H14Cl2FNO. The molecular weight excluding hydrogens is 300 g/mol. The van der Waals surface area contributed by atoms with E-state index in [4.69, 9.17) is 23.2 Å². The van der Waals surface area contributed by atoms with E-state index < -0.39 is 0 Å². The summed E-state index contributed by atoms with van der Waals surface area (Å²) in [5.41, 5.74) is 1.32. The molecule has 2 N–H and O–H groups in total. The van der Waals surface area contributed by atoms with Gasteiger partial charge in [-0.25, -0.2) is 4.39 Å². The van der Waals surface area contributed by atoms with Gasteiger partial charge in [0.25, 0.3) is 0 Å². The summed E-state index contributed by atoms with van der Waals surface area (Å²) in [6.45, 7) is 1.93. The van der Waals surface area contributed by atoms with Crippen LogP contribution in [0, 0.1) is 5.82 Å². The minimum absolute atomic E-state index is 0.0106. The van der Waals surface area contributed by atoms with Gasteiger partial charge in [-0.2, -0.15) is 0 Å². The van der Waals surface area contributed by atoms with Crippen molar-refractivity contribution >= 4 is 28.9 Å². The van der Waals surface area contributed by atoms with Gasteiger partial charge >= 0.3 is 0 Å². The molecule has 0 saturated heterocycles. The average molecular weight is 314 g/mol. The number of nitrogens with one attached hydrogen (secondary N) is 1. The van der Waals surface area contributed by atoms with E-state index in [0.717, 1.165) is 0 Å². The van der Waals surface area contributed by atoms with Crippen LogP contribution in [-0.2, 0) is 6.42 Å². The number of phenolic OH excluding ortho intramolecular Hbond substituents is 1. The Morgan fingerprint density at radius 3 is 2.40 bits per heavy atom. The Morgan fingerprint density at radius 1 is 1.20 bits per heavy atom. The molecule has 5 heteroatoms. The molecule has 2 aromatic carbocycles. The fraction of sp³-hybridized carbons (Fsp3) is 0.200.